The molecule has 3 aromatic rings. The van der Waals surface area contributed by atoms with E-state index in [1.807, 2.05) is 13.8 Å². The maximum absolute atomic E-state index is 12.8. The van der Waals surface area contributed by atoms with Gasteiger partial charge in [0.2, 0.25) is 5.95 Å². The first-order chi connectivity index (χ1) is 16.8. The van der Waals surface area contributed by atoms with E-state index in [4.69, 9.17) is 0 Å². The summed E-state index contributed by atoms with van der Waals surface area (Å²) in [6, 6.07) is 11.2. The van der Waals surface area contributed by atoms with Crippen molar-refractivity contribution in [1.29, 1.82) is 0 Å². The highest BCUT2D eigenvalue weighted by molar-refractivity contribution is 5.70. The van der Waals surface area contributed by atoms with Crippen molar-refractivity contribution >= 4 is 17.5 Å². The van der Waals surface area contributed by atoms with Crippen LogP contribution < -0.4 is 20.1 Å². The molecule has 0 bridgehead atoms. The number of anilines is 3. The first-order valence-corrected chi connectivity index (χ1v) is 10.6. The smallest absolute Gasteiger partial charge is 0.406 e. The number of aliphatic hydroxyl groups is 1. The molecular formula is C23H22F6N4O3. The Balaban J connectivity index is 2.04. The van der Waals surface area contributed by atoms with Crippen LogP contribution in [0.3, 0.4) is 0 Å². The van der Waals surface area contributed by atoms with Crippen molar-refractivity contribution in [2.45, 2.75) is 32.6 Å². The van der Waals surface area contributed by atoms with Gasteiger partial charge in [0.05, 0.1) is 24.0 Å². The number of rotatable bonds is 9. The summed E-state index contributed by atoms with van der Waals surface area (Å²) in [4.78, 5) is 8.56. The molecule has 0 spiro atoms. The number of ether oxygens (including phenoxy) is 2. The summed E-state index contributed by atoms with van der Waals surface area (Å²) in [5.74, 6) is -1.05. The van der Waals surface area contributed by atoms with Crippen molar-refractivity contribution in [2.24, 2.45) is 5.92 Å². The van der Waals surface area contributed by atoms with Crippen molar-refractivity contribution in [3.8, 4) is 22.8 Å². The van der Waals surface area contributed by atoms with Gasteiger partial charge in [0, 0.05) is 11.6 Å². The van der Waals surface area contributed by atoms with E-state index < -0.39 is 30.3 Å². The van der Waals surface area contributed by atoms with Crippen LogP contribution in [0.1, 0.15) is 13.8 Å². The van der Waals surface area contributed by atoms with Crippen molar-refractivity contribution in [2.75, 3.05) is 17.2 Å². The predicted molar refractivity (Wildman–Crippen MR) is 120 cm³/mol. The lowest BCUT2D eigenvalue weighted by molar-refractivity contribution is -0.275. The second-order valence-corrected chi connectivity index (χ2v) is 7.88. The summed E-state index contributed by atoms with van der Waals surface area (Å²) in [6.07, 6.45) is -9.84. The highest BCUT2D eigenvalue weighted by atomic mass is 19.4. The van der Waals surface area contributed by atoms with Gasteiger partial charge in [-0.25, -0.2) is 4.98 Å². The fraction of sp³-hybridized carbons (Fsp3) is 0.304. The van der Waals surface area contributed by atoms with E-state index >= 15 is 0 Å². The van der Waals surface area contributed by atoms with E-state index in [0.717, 1.165) is 18.2 Å². The molecule has 1 heterocycles. The van der Waals surface area contributed by atoms with E-state index in [0.29, 0.717) is 0 Å². The van der Waals surface area contributed by atoms with Crippen molar-refractivity contribution in [3.63, 3.8) is 0 Å². The minimum atomic E-state index is -4.94. The molecule has 3 rings (SSSR count). The lowest BCUT2D eigenvalue weighted by Crippen LogP contribution is -2.30. The number of aliphatic hydroxyl groups excluding tert-OH is 1. The number of nitrogens with zero attached hydrogens (tertiary/aromatic N) is 2. The monoisotopic (exact) mass is 516 g/mol. The molecule has 36 heavy (non-hydrogen) atoms. The van der Waals surface area contributed by atoms with Gasteiger partial charge in [0.15, 0.2) is 5.75 Å². The summed E-state index contributed by atoms with van der Waals surface area (Å²) in [5, 5.41) is 15.3. The number of hydrogen-bond donors (Lipinski definition) is 3. The number of halogens is 6. The minimum Gasteiger partial charge on any atom is -0.406 e. The molecule has 13 heteroatoms. The maximum atomic E-state index is 12.8. The van der Waals surface area contributed by atoms with Crippen LogP contribution in [-0.2, 0) is 0 Å². The Bertz CT molecular complexity index is 1170. The van der Waals surface area contributed by atoms with Crippen LogP contribution in [-0.4, -0.2) is 40.4 Å². The molecule has 0 saturated heterocycles. The average molecular weight is 516 g/mol. The summed E-state index contributed by atoms with van der Waals surface area (Å²) >= 11 is 0. The summed E-state index contributed by atoms with van der Waals surface area (Å²) < 4.78 is 84.5. The first kappa shape index (κ1) is 26.9. The molecule has 1 atom stereocenters. The van der Waals surface area contributed by atoms with Crippen molar-refractivity contribution < 1.29 is 40.9 Å². The van der Waals surface area contributed by atoms with E-state index in [9.17, 15) is 31.4 Å². The Hall–Kier alpha value is -3.74. The van der Waals surface area contributed by atoms with Gasteiger partial charge in [-0.05, 0) is 30.2 Å². The Morgan fingerprint density at radius 1 is 0.889 bits per heavy atom. The number of benzene rings is 2. The molecule has 1 aromatic heterocycles. The highest BCUT2D eigenvalue weighted by Crippen LogP contribution is 2.34. The molecule has 0 radical (unpaired) electrons. The molecule has 0 aliphatic carbocycles. The van der Waals surface area contributed by atoms with Crippen LogP contribution in [0.2, 0.25) is 0 Å². The Kier molecular flexibility index (Phi) is 8.13. The van der Waals surface area contributed by atoms with Crippen LogP contribution >= 0.6 is 0 Å². The third-order valence-electron chi connectivity index (χ3n) is 4.78. The molecule has 2 aromatic carbocycles. The lowest BCUT2D eigenvalue weighted by atomic mass is 10.1. The lowest BCUT2D eigenvalue weighted by Gasteiger charge is -2.21. The molecule has 194 valence electrons. The second kappa shape index (κ2) is 10.9. The van der Waals surface area contributed by atoms with Crippen LogP contribution in [0.15, 0.2) is 54.6 Å². The molecule has 3 N–H and O–H groups in total. The largest absolute Gasteiger partial charge is 0.573 e. The van der Waals surface area contributed by atoms with E-state index in [1.54, 1.807) is 0 Å². The first-order valence-electron chi connectivity index (χ1n) is 10.6. The standard InChI is InChI=1S/C23H22F6N4O3/c1-13(2)18(12-34)32-21-31-17(14-6-5-7-15(10-14)35-22(24,25)26)11-20(33-21)30-16-8-3-4-9-19(16)36-23(27,28)29/h3-11,13,18,34H,12H2,1-2H3,(H2,30,31,32,33)/t18-/m1/s1. The third kappa shape index (κ3) is 7.90. The van der Waals surface area contributed by atoms with Gasteiger partial charge in [0.1, 0.15) is 11.6 Å². The normalized spacial score (nSPS) is 12.8. The summed E-state index contributed by atoms with van der Waals surface area (Å²) in [7, 11) is 0. The second-order valence-electron chi connectivity index (χ2n) is 7.88. The molecule has 0 saturated carbocycles. The van der Waals surface area contributed by atoms with Gasteiger partial charge in [-0.3, -0.25) is 0 Å². The Morgan fingerprint density at radius 2 is 1.58 bits per heavy atom. The number of alkyl halides is 6. The zero-order valence-corrected chi connectivity index (χ0v) is 19.0. The van der Waals surface area contributed by atoms with Crippen LogP contribution in [0.25, 0.3) is 11.3 Å². The topological polar surface area (TPSA) is 88.5 Å². The molecule has 7 nitrogen and oxygen atoms in total. The third-order valence-corrected chi connectivity index (χ3v) is 4.78. The number of hydrogen-bond acceptors (Lipinski definition) is 7. The van der Waals surface area contributed by atoms with Gasteiger partial charge < -0.3 is 25.2 Å². The van der Waals surface area contributed by atoms with Gasteiger partial charge in [-0.1, -0.05) is 38.1 Å². The van der Waals surface area contributed by atoms with E-state index in [2.05, 4.69) is 30.1 Å². The van der Waals surface area contributed by atoms with Crippen LogP contribution in [0.5, 0.6) is 11.5 Å². The summed E-state index contributed by atoms with van der Waals surface area (Å²) in [6.45, 7) is 3.39. The number of aromatic nitrogens is 2. The molecule has 0 unspecified atom stereocenters. The quantitative estimate of drug-likeness (QED) is 0.296. The minimum absolute atomic E-state index is 0.0147. The van der Waals surface area contributed by atoms with Gasteiger partial charge in [-0.15, -0.1) is 26.3 Å². The van der Waals surface area contributed by atoms with E-state index in [-0.39, 0.29) is 41.2 Å². The molecule has 0 amide bonds. The average Bonchev–Trinajstić information content (AvgIpc) is 2.76. The van der Waals surface area contributed by atoms with Crippen molar-refractivity contribution in [1.82, 2.24) is 9.97 Å². The SMILES string of the molecule is CC(C)[C@@H](CO)Nc1nc(Nc2ccccc2OC(F)(F)F)cc(-c2cccc(OC(F)(F)F)c2)n1. The van der Waals surface area contributed by atoms with E-state index in [1.165, 1.54) is 36.4 Å². The Labute approximate surface area is 202 Å². The zero-order chi connectivity index (χ0) is 26.5. The van der Waals surface area contributed by atoms with Gasteiger partial charge in [-0.2, -0.15) is 4.98 Å². The van der Waals surface area contributed by atoms with Crippen molar-refractivity contribution in [3.05, 3.63) is 54.6 Å². The predicted octanol–water partition coefficient (Wildman–Crippen LogP) is 6.11. The van der Waals surface area contributed by atoms with Crippen LogP contribution in [0, 0.1) is 5.92 Å². The molecule has 0 aliphatic rings. The Morgan fingerprint density at radius 3 is 2.22 bits per heavy atom. The van der Waals surface area contributed by atoms with Crippen LogP contribution in [0.4, 0.5) is 43.8 Å². The van der Waals surface area contributed by atoms with Gasteiger partial charge in [0.25, 0.3) is 0 Å². The summed E-state index contributed by atoms with van der Waals surface area (Å²) in [5.41, 5.74) is 0.287. The van der Waals surface area contributed by atoms with Gasteiger partial charge >= 0.3 is 12.7 Å². The zero-order valence-electron chi connectivity index (χ0n) is 19.0. The maximum Gasteiger partial charge on any atom is 0.573 e. The molecule has 0 fully saturated rings. The molecular weight excluding hydrogens is 494 g/mol. The number of nitrogens with one attached hydrogen (secondary N) is 2. The highest BCUT2D eigenvalue weighted by Gasteiger charge is 2.32. The molecule has 0 aliphatic heterocycles. The number of para-hydroxylation sites is 2. The fourth-order valence-corrected chi connectivity index (χ4v) is 3.09. The fourth-order valence-electron chi connectivity index (χ4n) is 3.09.